The first-order valence-corrected chi connectivity index (χ1v) is 5.20. The molecule has 2 nitrogen and oxygen atoms in total. The zero-order valence-electron chi connectivity index (χ0n) is 7.26. The van der Waals surface area contributed by atoms with Gasteiger partial charge >= 0.3 is 0 Å². The Balaban J connectivity index is 2.02. The summed E-state index contributed by atoms with van der Waals surface area (Å²) in [6.45, 7) is 5.98. The van der Waals surface area contributed by atoms with Crippen LogP contribution in [0.3, 0.4) is 0 Å². The first-order valence-electron chi connectivity index (χ1n) is 4.32. The molecule has 2 rings (SSSR count). The maximum Gasteiger partial charge on any atom is 0.0789 e. The zero-order chi connectivity index (χ0) is 7.90. The van der Waals surface area contributed by atoms with E-state index in [4.69, 9.17) is 0 Å². The van der Waals surface area contributed by atoms with E-state index in [1.807, 2.05) is 0 Å². The van der Waals surface area contributed by atoms with Gasteiger partial charge in [-0.1, -0.05) is 6.92 Å². The highest BCUT2D eigenvalue weighted by Gasteiger charge is 2.42. The summed E-state index contributed by atoms with van der Waals surface area (Å²) in [6, 6.07) is 0. The summed E-state index contributed by atoms with van der Waals surface area (Å²) < 4.78 is 0. The molecule has 2 unspecified atom stereocenters. The molecule has 2 atom stereocenters. The van der Waals surface area contributed by atoms with E-state index in [9.17, 15) is 0 Å². The second-order valence-electron chi connectivity index (χ2n) is 3.79. The second-order valence-corrected chi connectivity index (χ2v) is 5.61. The van der Waals surface area contributed by atoms with Crippen LogP contribution in [-0.2, 0) is 0 Å². The Morgan fingerprint density at radius 2 is 2.45 bits per heavy atom. The predicted octanol–water partition coefficient (Wildman–Crippen LogP) is 0.743. The van der Waals surface area contributed by atoms with Gasteiger partial charge in [0.25, 0.3) is 0 Å². The van der Waals surface area contributed by atoms with Gasteiger partial charge in [-0.3, -0.25) is 0 Å². The summed E-state index contributed by atoms with van der Waals surface area (Å²) in [5.74, 6) is 0. The van der Waals surface area contributed by atoms with Gasteiger partial charge in [-0.2, -0.15) is 0 Å². The van der Waals surface area contributed by atoms with Crippen molar-refractivity contribution < 1.29 is 0 Å². The predicted molar refractivity (Wildman–Crippen MR) is 49.9 cm³/mol. The Morgan fingerprint density at radius 3 is 2.91 bits per heavy atom. The van der Waals surface area contributed by atoms with E-state index in [1.54, 1.807) is 0 Å². The lowest BCUT2D eigenvalue weighted by Crippen LogP contribution is -2.39. The van der Waals surface area contributed by atoms with Gasteiger partial charge in [0.2, 0.25) is 0 Å². The lowest BCUT2D eigenvalue weighted by molar-refractivity contribution is 0.393. The molecule has 2 aliphatic heterocycles. The van der Waals surface area contributed by atoms with Gasteiger partial charge in [-0.15, -0.1) is 11.8 Å². The van der Waals surface area contributed by atoms with Crippen LogP contribution in [0.1, 0.15) is 13.3 Å². The summed E-state index contributed by atoms with van der Waals surface area (Å²) in [7, 11) is 2.21. The molecule has 0 saturated carbocycles. The Morgan fingerprint density at radius 1 is 1.64 bits per heavy atom. The Labute approximate surface area is 72.7 Å². The molecule has 2 heterocycles. The molecule has 0 radical (unpaired) electrons. The highest BCUT2D eigenvalue weighted by atomic mass is 32.2. The van der Waals surface area contributed by atoms with Crippen molar-refractivity contribution in [1.82, 2.24) is 10.2 Å². The summed E-state index contributed by atoms with van der Waals surface area (Å²) in [5.41, 5.74) is 0. The lowest BCUT2D eigenvalue weighted by atomic mass is 10.2. The van der Waals surface area contributed by atoms with Gasteiger partial charge in [0.1, 0.15) is 0 Å². The van der Waals surface area contributed by atoms with Crippen molar-refractivity contribution in [2.24, 2.45) is 0 Å². The molecule has 64 valence electrons. The average molecular weight is 172 g/mol. The average Bonchev–Trinajstić information content (AvgIpc) is 2.44. The molecular weight excluding hydrogens is 156 g/mol. The number of likely N-dealkylation sites (tertiary alicyclic amines) is 1. The van der Waals surface area contributed by atoms with Gasteiger partial charge in [0.15, 0.2) is 0 Å². The van der Waals surface area contributed by atoms with Gasteiger partial charge in [0.05, 0.1) is 4.87 Å². The molecule has 0 aromatic carbocycles. The van der Waals surface area contributed by atoms with Gasteiger partial charge in [0, 0.05) is 24.9 Å². The SMILES string of the molecule is CC1CNC2(CCN(C)C2)S1. The van der Waals surface area contributed by atoms with Crippen molar-refractivity contribution in [2.45, 2.75) is 23.5 Å². The number of thioether (sulfide) groups is 1. The van der Waals surface area contributed by atoms with E-state index < -0.39 is 0 Å². The molecule has 0 aromatic rings. The van der Waals surface area contributed by atoms with Crippen LogP contribution in [0.25, 0.3) is 0 Å². The summed E-state index contributed by atoms with van der Waals surface area (Å²) in [5, 5.41) is 4.44. The smallest absolute Gasteiger partial charge is 0.0789 e. The Bertz CT molecular complexity index is 142. The summed E-state index contributed by atoms with van der Waals surface area (Å²) in [4.78, 5) is 2.84. The topological polar surface area (TPSA) is 15.3 Å². The summed E-state index contributed by atoms with van der Waals surface area (Å²) in [6.07, 6.45) is 1.32. The third-order valence-corrected chi connectivity index (χ3v) is 4.06. The van der Waals surface area contributed by atoms with Crippen LogP contribution in [0.15, 0.2) is 0 Å². The normalized spacial score (nSPS) is 45.8. The number of hydrogen-bond donors (Lipinski definition) is 1. The van der Waals surface area contributed by atoms with Crippen LogP contribution in [0.5, 0.6) is 0 Å². The monoisotopic (exact) mass is 172 g/mol. The van der Waals surface area contributed by atoms with E-state index in [2.05, 4.69) is 35.9 Å². The molecule has 2 saturated heterocycles. The number of hydrogen-bond acceptors (Lipinski definition) is 3. The first kappa shape index (κ1) is 7.90. The summed E-state index contributed by atoms with van der Waals surface area (Å²) >= 11 is 2.13. The fourth-order valence-corrected chi connectivity index (χ4v) is 3.61. The van der Waals surface area contributed by atoms with Crippen LogP contribution in [0, 0.1) is 0 Å². The molecular formula is C8H16N2S. The van der Waals surface area contributed by atoms with Crippen LogP contribution in [-0.4, -0.2) is 41.7 Å². The Kier molecular flexibility index (Phi) is 1.90. The minimum Gasteiger partial charge on any atom is -0.304 e. The molecule has 1 spiro atoms. The van der Waals surface area contributed by atoms with Crippen molar-refractivity contribution >= 4 is 11.8 Å². The zero-order valence-corrected chi connectivity index (χ0v) is 8.08. The molecule has 2 aliphatic rings. The molecule has 1 N–H and O–H groups in total. The fraction of sp³-hybridized carbons (Fsp3) is 1.00. The van der Waals surface area contributed by atoms with E-state index in [0.717, 1.165) is 5.25 Å². The number of nitrogens with one attached hydrogen (secondary N) is 1. The van der Waals surface area contributed by atoms with E-state index in [-0.39, 0.29) is 0 Å². The van der Waals surface area contributed by atoms with Crippen molar-refractivity contribution in [1.29, 1.82) is 0 Å². The van der Waals surface area contributed by atoms with Gasteiger partial charge < -0.3 is 10.2 Å². The highest BCUT2D eigenvalue weighted by molar-refractivity contribution is 8.01. The minimum absolute atomic E-state index is 0.425. The largest absolute Gasteiger partial charge is 0.304 e. The van der Waals surface area contributed by atoms with E-state index in [0.29, 0.717) is 4.87 Å². The standard InChI is InChI=1S/C8H16N2S/c1-7-5-9-8(11-7)3-4-10(2)6-8/h7,9H,3-6H2,1-2H3. The molecule has 0 bridgehead atoms. The van der Waals surface area contributed by atoms with Crippen LogP contribution >= 0.6 is 11.8 Å². The Hall–Kier alpha value is 0.270. The van der Waals surface area contributed by atoms with Crippen molar-refractivity contribution in [3.63, 3.8) is 0 Å². The molecule has 0 aliphatic carbocycles. The maximum absolute atomic E-state index is 3.63. The van der Waals surface area contributed by atoms with Crippen molar-refractivity contribution in [2.75, 3.05) is 26.7 Å². The van der Waals surface area contributed by atoms with E-state index >= 15 is 0 Å². The third kappa shape index (κ3) is 1.42. The van der Waals surface area contributed by atoms with Crippen molar-refractivity contribution in [3.05, 3.63) is 0 Å². The van der Waals surface area contributed by atoms with E-state index in [1.165, 1.54) is 26.1 Å². The quantitative estimate of drug-likeness (QED) is 0.580. The molecule has 3 heteroatoms. The molecule has 2 fully saturated rings. The van der Waals surface area contributed by atoms with Crippen LogP contribution in [0.4, 0.5) is 0 Å². The third-order valence-electron chi connectivity index (χ3n) is 2.56. The first-order chi connectivity index (χ1) is 5.20. The molecule has 11 heavy (non-hydrogen) atoms. The maximum atomic E-state index is 3.63. The van der Waals surface area contributed by atoms with Crippen molar-refractivity contribution in [3.8, 4) is 0 Å². The number of rotatable bonds is 0. The highest BCUT2D eigenvalue weighted by Crippen LogP contribution is 2.39. The molecule has 0 amide bonds. The molecule has 0 aromatic heterocycles. The number of likely N-dealkylation sites (N-methyl/N-ethyl adjacent to an activating group) is 1. The van der Waals surface area contributed by atoms with Gasteiger partial charge in [-0.05, 0) is 13.5 Å². The number of nitrogens with zero attached hydrogens (tertiary/aromatic N) is 1. The minimum atomic E-state index is 0.425. The van der Waals surface area contributed by atoms with Crippen LogP contribution in [0.2, 0.25) is 0 Å². The van der Waals surface area contributed by atoms with Gasteiger partial charge in [-0.25, -0.2) is 0 Å². The fourth-order valence-electron chi connectivity index (χ4n) is 2.00. The second kappa shape index (κ2) is 2.64. The van der Waals surface area contributed by atoms with Crippen LogP contribution < -0.4 is 5.32 Å². The lowest BCUT2D eigenvalue weighted by Gasteiger charge is -2.22.